The lowest BCUT2D eigenvalue weighted by Gasteiger charge is -2.23. The van der Waals surface area contributed by atoms with Crippen LogP contribution in [0, 0.1) is 5.92 Å². The van der Waals surface area contributed by atoms with Crippen molar-refractivity contribution in [1.29, 1.82) is 0 Å². The molecule has 3 N–H and O–H groups in total. The predicted molar refractivity (Wildman–Crippen MR) is 64.1 cm³/mol. The zero-order chi connectivity index (χ0) is 12.0. The molecule has 4 nitrogen and oxygen atoms in total. The highest BCUT2D eigenvalue weighted by molar-refractivity contribution is 5.75. The molecule has 1 aliphatic heterocycles. The second-order valence-corrected chi connectivity index (χ2v) is 5.06. The van der Waals surface area contributed by atoms with Gasteiger partial charge in [-0.2, -0.15) is 0 Å². The van der Waals surface area contributed by atoms with Crippen LogP contribution in [0.25, 0.3) is 0 Å². The van der Waals surface area contributed by atoms with Gasteiger partial charge in [0.15, 0.2) is 0 Å². The highest BCUT2D eigenvalue weighted by Crippen LogP contribution is 2.23. The Morgan fingerprint density at radius 2 is 2.38 bits per heavy atom. The zero-order valence-corrected chi connectivity index (χ0v) is 10.4. The number of carbonyl (C=O) groups excluding carboxylic acids is 1. The minimum Gasteiger partial charge on any atom is -0.373 e. The third kappa shape index (κ3) is 4.49. The molecule has 16 heavy (non-hydrogen) atoms. The van der Waals surface area contributed by atoms with Crippen molar-refractivity contribution in [2.24, 2.45) is 11.7 Å². The number of hydrogen-bond donors (Lipinski definition) is 2. The van der Waals surface area contributed by atoms with E-state index in [9.17, 15) is 4.79 Å². The second-order valence-electron chi connectivity index (χ2n) is 5.06. The maximum Gasteiger partial charge on any atom is 0.220 e. The first-order valence-corrected chi connectivity index (χ1v) is 6.16. The molecule has 1 heterocycles. The highest BCUT2D eigenvalue weighted by Gasteiger charge is 2.29. The van der Waals surface area contributed by atoms with Gasteiger partial charge in [-0.3, -0.25) is 4.79 Å². The monoisotopic (exact) mass is 228 g/mol. The number of nitrogens with one attached hydrogen (secondary N) is 1. The molecule has 94 valence electrons. The van der Waals surface area contributed by atoms with Gasteiger partial charge >= 0.3 is 0 Å². The molecule has 0 radical (unpaired) electrons. The Morgan fingerprint density at radius 3 is 2.94 bits per heavy atom. The van der Waals surface area contributed by atoms with Crippen molar-refractivity contribution in [3.63, 3.8) is 0 Å². The summed E-state index contributed by atoms with van der Waals surface area (Å²) in [5, 5.41) is 2.94. The molecule has 0 aliphatic carbocycles. The molecule has 1 saturated heterocycles. The van der Waals surface area contributed by atoms with Crippen molar-refractivity contribution in [2.75, 3.05) is 19.7 Å². The minimum atomic E-state index is -0.144. The molecule has 1 amide bonds. The fraction of sp³-hybridized carbons (Fsp3) is 0.917. The second kappa shape index (κ2) is 6.21. The third-order valence-corrected chi connectivity index (χ3v) is 3.23. The Morgan fingerprint density at radius 1 is 1.62 bits per heavy atom. The maximum atomic E-state index is 11.6. The van der Waals surface area contributed by atoms with Crippen LogP contribution in [-0.4, -0.2) is 31.2 Å². The SMILES string of the molecule is CC(CN)CCC(=O)NCC1(C)CCCO1. The van der Waals surface area contributed by atoms with Crippen LogP contribution in [0.4, 0.5) is 0 Å². The molecule has 0 aromatic rings. The molecule has 0 spiro atoms. The summed E-state index contributed by atoms with van der Waals surface area (Å²) < 4.78 is 5.60. The topological polar surface area (TPSA) is 64.4 Å². The lowest BCUT2D eigenvalue weighted by atomic mass is 10.0. The molecule has 0 bridgehead atoms. The van der Waals surface area contributed by atoms with Crippen LogP contribution in [0.15, 0.2) is 0 Å². The van der Waals surface area contributed by atoms with E-state index in [4.69, 9.17) is 10.5 Å². The van der Waals surface area contributed by atoms with Gasteiger partial charge in [-0.1, -0.05) is 6.92 Å². The fourth-order valence-electron chi connectivity index (χ4n) is 1.85. The maximum absolute atomic E-state index is 11.6. The number of ether oxygens (including phenoxy) is 1. The van der Waals surface area contributed by atoms with E-state index in [1.165, 1.54) is 0 Å². The molecule has 1 fully saturated rings. The fourth-order valence-corrected chi connectivity index (χ4v) is 1.85. The molecular weight excluding hydrogens is 204 g/mol. The average molecular weight is 228 g/mol. The third-order valence-electron chi connectivity index (χ3n) is 3.23. The van der Waals surface area contributed by atoms with Gasteiger partial charge in [-0.05, 0) is 38.6 Å². The van der Waals surface area contributed by atoms with Crippen LogP contribution in [0.2, 0.25) is 0 Å². The molecule has 2 atom stereocenters. The van der Waals surface area contributed by atoms with Crippen molar-refractivity contribution >= 4 is 5.91 Å². The molecule has 0 aromatic carbocycles. The smallest absolute Gasteiger partial charge is 0.220 e. The summed E-state index contributed by atoms with van der Waals surface area (Å²) in [6.45, 7) is 6.21. The average Bonchev–Trinajstić information content (AvgIpc) is 2.71. The molecule has 4 heteroatoms. The number of rotatable bonds is 6. The lowest BCUT2D eigenvalue weighted by Crippen LogP contribution is -2.40. The Balaban J connectivity index is 2.14. The van der Waals surface area contributed by atoms with E-state index >= 15 is 0 Å². The van der Waals surface area contributed by atoms with Gasteiger partial charge in [0.25, 0.3) is 0 Å². The Bertz CT molecular complexity index is 225. The van der Waals surface area contributed by atoms with Crippen molar-refractivity contribution < 1.29 is 9.53 Å². The van der Waals surface area contributed by atoms with E-state index in [0.717, 1.165) is 25.9 Å². The van der Waals surface area contributed by atoms with E-state index < -0.39 is 0 Å². The summed E-state index contributed by atoms with van der Waals surface area (Å²) in [4.78, 5) is 11.6. The van der Waals surface area contributed by atoms with Gasteiger partial charge in [0.05, 0.1) is 5.60 Å². The number of amides is 1. The molecule has 2 unspecified atom stereocenters. The van der Waals surface area contributed by atoms with E-state index in [0.29, 0.717) is 25.4 Å². The van der Waals surface area contributed by atoms with E-state index in [1.807, 2.05) is 0 Å². The van der Waals surface area contributed by atoms with Gasteiger partial charge in [0.1, 0.15) is 0 Å². The van der Waals surface area contributed by atoms with Crippen LogP contribution in [0.3, 0.4) is 0 Å². The summed E-state index contributed by atoms with van der Waals surface area (Å²) in [6, 6.07) is 0. The molecule has 1 rings (SSSR count). The van der Waals surface area contributed by atoms with E-state index in [1.54, 1.807) is 0 Å². The minimum absolute atomic E-state index is 0.108. The molecular formula is C12H24N2O2. The van der Waals surface area contributed by atoms with Crippen LogP contribution in [0.5, 0.6) is 0 Å². The molecule has 0 saturated carbocycles. The Labute approximate surface area is 97.9 Å². The van der Waals surface area contributed by atoms with Crippen LogP contribution < -0.4 is 11.1 Å². The van der Waals surface area contributed by atoms with E-state index in [-0.39, 0.29) is 11.5 Å². The van der Waals surface area contributed by atoms with Crippen molar-refractivity contribution in [3.05, 3.63) is 0 Å². The lowest BCUT2D eigenvalue weighted by molar-refractivity contribution is -0.122. The molecule has 1 aliphatic rings. The quantitative estimate of drug-likeness (QED) is 0.714. The largest absolute Gasteiger partial charge is 0.373 e. The van der Waals surface area contributed by atoms with Gasteiger partial charge in [0.2, 0.25) is 5.91 Å². The highest BCUT2D eigenvalue weighted by atomic mass is 16.5. The van der Waals surface area contributed by atoms with Gasteiger partial charge in [-0.15, -0.1) is 0 Å². The van der Waals surface area contributed by atoms with Gasteiger partial charge in [0, 0.05) is 19.6 Å². The van der Waals surface area contributed by atoms with Crippen molar-refractivity contribution in [2.45, 2.75) is 45.1 Å². The Kier molecular flexibility index (Phi) is 5.22. The standard InChI is InChI=1S/C12H24N2O2/c1-10(8-13)4-5-11(15)14-9-12(2)6-3-7-16-12/h10H,3-9,13H2,1-2H3,(H,14,15). The van der Waals surface area contributed by atoms with Crippen LogP contribution in [-0.2, 0) is 9.53 Å². The van der Waals surface area contributed by atoms with Gasteiger partial charge < -0.3 is 15.8 Å². The summed E-state index contributed by atoms with van der Waals surface area (Å²) >= 11 is 0. The van der Waals surface area contributed by atoms with E-state index in [2.05, 4.69) is 19.2 Å². The summed E-state index contributed by atoms with van der Waals surface area (Å²) in [5.41, 5.74) is 5.36. The first-order chi connectivity index (χ1) is 7.56. The summed E-state index contributed by atoms with van der Waals surface area (Å²) in [7, 11) is 0. The summed E-state index contributed by atoms with van der Waals surface area (Å²) in [6.07, 6.45) is 3.55. The zero-order valence-electron chi connectivity index (χ0n) is 10.4. The molecule has 0 aromatic heterocycles. The van der Waals surface area contributed by atoms with Crippen LogP contribution >= 0.6 is 0 Å². The van der Waals surface area contributed by atoms with Gasteiger partial charge in [-0.25, -0.2) is 0 Å². The number of hydrogen-bond acceptors (Lipinski definition) is 3. The Hall–Kier alpha value is -0.610. The first-order valence-electron chi connectivity index (χ1n) is 6.16. The number of nitrogens with two attached hydrogens (primary N) is 1. The summed E-state index contributed by atoms with van der Waals surface area (Å²) in [5.74, 6) is 0.529. The van der Waals surface area contributed by atoms with Crippen molar-refractivity contribution in [3.8, 4) is 0 Å². The number of carbonyl (C=O) groups is 1. The first kappa shape index (κ1) is 13.5. The van der Waals surface area contributed by atoms with Crippen molar-refractivity contribution in [1.82, 2.24) is 5.32 Å². The van der Waals surface area contributed by atoms with Crippen LogP contribution in [0.1, 0.15) is 39.5 Å². The predicted octanol–water partition coefficient (Wildman–Crippen LogP) is 1.05. The normalized spacial score (nSPS) is 26.7.